The van der Waals surface area contributed by atoms with Gasteiger partial charge in [-0.15, -0.1) is 0 Å². The first-order chi connectivity index (χ1) is 7.47. The number of hydrogen-bond acceptors (Lipinski definition) is 3. The predicted molar refractivity (Wildman–Crippen MR) is 60.6 cm³/mol. The zero-order valence-corrected chi connectivity index (χ0v) is 9.92. The van der Waals surface area contributed by atoms with Gasteiger partial charge in [0.25, 0.3) is 0 Å². The van der Waals surface area contributed by atoms with Crippen molar-refractivity contribution in [3.8, 4) is 0 Å². The highest BCUT2D eigenvalue weighted by molar-refractivity contribution is 7.89. The van der Waals surface area contributed by atoms with Crippen molar-refractivity contribution >= 4 is 10.0 Å². The smallest absolute Gasteiger partial charge is 0.241 e. The van der Waals surface area contributed by atoms with Crippen LogP contribution in [0.4, 0.5) is 0 Å². The number of benzene rings is 1. The third-order valence-electron chi connectivity index (χ3n) is 2.84. The Morgan fingerprint density at radius 2 is 1.88 bits per heavy atom. The molecule has 16 heavy (non-hydrogen) atoms. The van der Waals surface area contributed by atoms with Gasteiger partial charge in [0.2, 0.25) is 10.0 Å². The van der Waals surface area contributed by atoms with Gasteiger partial charge in [0.05, 0.1) is 17.0 Å². The van der Waals surface area contributed by atoms with Crippen LogP contribution in [-0.2, 0) is 10.0 Å². The number of hydrogen-bond donors (Lipinski definition) is 2. The molecule has 0 saturated heterocycles. The van der Waals surface area contributed by atoms with Gasteiger partial charge in [0.15, 0.2) is 0 Å². The minimum absolute atomic E-state index is 0.141. The Bertz CT molecular complexity index is 474. The van der Waals surface area contributed by atoms with Crippen molar-refractivity contribution < 1.29 is 13.5 Å². The van der Waals surface area contributed by atoms with Crippen molar-refractivity contribution in [3.63, 3.8) is 0 Å². The molecule has 1 saturated carbocycles. The lowest BCUT2D eigenvalue weighted by Gasteiger charge is -2.14. The van der Waals surface area contributed by atoms with Crippen LogP contribution in [0.1, 0.15) is 18.4 Å². The van der Waals surface area contributed by atoms with Crippen LogP contribution in [0.15, 0.2) is 29.2 Å². The SMILES string of the molecule is Cc1ccc(S(=O)(=O)NC2(CO)CC2)cc1. The largest absolute Gasteiger partial charge is 0.394 e. The number of aliphatic hydroxyl groups is 1. The fraction of sp³-hybridized carbons (Fsp3) is 0.455. The van der Waals surface area contributed by atoms with E-state index in [1.807, 2.05) is 6.92 Å². The summed E-state index contributed by atoms with van der Waals surface area (Å²) in [6.45, 7) is 1.76. The molecule has 4 nitrogen and oxygen atoms in total. The monoisotopic (exact) mass is 241 g/mol. The van der Waals surface area contributed by atoms with Crippen molar-refractivity contribution in [2.24, 2.45) is 0 Å². The van der Waals surface area contributed by atoms with Crippen molar-refractivity contribution in [1.29, 1.82) is 0 Å². The Morgan fingerprint density at radius 3 is 2.31 bits per heavy atom. The van der Waals surface area contributed by atoms with E-state index in [9.17, 15) is 8.42 Å². The van der Waals surface area contributed by atoms with Gasteiger partial charge < -0.3 is 5.11 Å². The van der Waals surface area contributed by atoms with E-state index in [-0.39, 0.29) is 11.5 Å². The Balaban J connectivity index is 2.22. The van der Waals surface area contributed by atoms with Crippen molar-refractivity contribution in [3.05, 3.63) is 29.8 Å². The molecule has 0 bridgehead atoms. The minimum Gasteiger partial charge on any atom is -0.394 e. The lowest BCUT2D eigenvalue weighted by molar-refractivity contribution is 0.246. The number of nitrogens with one attached hydrogen (secondary N) is 1. The molecule has 0 radical (unpaired) electrons. The Hall–Kier alpha value is -0.910. The van der Waals surface area contributed by atoms with E-state index < -0.39 is 15.6 Å². The van der Waals surface area contributed by atoms with Gasteiger partial charge in [-0.25, -0.2) is 13.1 Å². The summed E-state index contributed by atoms with van der Waals surface area (Å²) in [7, 11) is -3.49. The molecule has 0 aromatic heterocycles. The number of aryl methyl sites for hydroxylation is 1. The molecule has 2 N–H and O–H groups in total. The molecule has 0 spiro atoms. The van der Waals surface area contributed by atoms with Gasteiger partial charge in [-0.1, -0.05) is 17.7 Å². The number of aliphatic hydroxyl groups excluding tert-OH is 1. The summed E-state index contributed by atoms with van der Waals surface area (Å²) in [6, 6.07) is 6.66. The second-order valence-electron chi connectivity index (χ2n) is 4.36. The van der Waals surface area contributed by atoms with Crippen LogP contribution in [0.25, 0.3) is 0 Å². The van der Waals surface area contributed by atoms with Crippen LogP contribution in [0.3, 0.4) is 0 Å². The maximum atomic E-state index is 11.9. The molecule has 0 aliphatic heterocycles. The maximum absolute atomic E-state index is 11.9. The summed E-state index contributed by atoms with van der Waals surface area (Å²) in [5.41, 5.74) is 0.409. The van der Waals surface area contributed by atoms with Crippen LogP contribution in [0.5, 0.6) is 0 Å². The second-order valence-corrected chi connectivity index (χ2v) is 6.04. The predicted octanol–water partition coefficient (Wildman–Crippen LogP) is 0.798. The summed E-state index contributed by atoms with van der Waals surface area (Å²) < 4.78 is 26.4. The maximum Gasteiger partial charge on any atom is 0.241 e. The average Bonchev–Trinajstić information content (AvgIpc) is 2.98. The first-order valence-electron chi connectivity index (χ1n) is 5.19. The Kier molecular flexibility index (Phi) is 2.77. The highest BCUT2D eigenvalue weighted by Gasteiger charge is 2.45. The lowest BCUT2D eigenvalue weighted by Crippen LogP contribution is -2.39. The molecule has 88 valence electrons. The molecule has 0 amide bonds. The fourth-order valence-electron chi connectivity index (χ4n) is 1.50. The van der Waals surface area contributed by atoms with Crippen molar-refractivity contribution in [2.45, 2.75) is 30.2 Å². The fourth-order valence-corrected chi connectivity index (χ4v) is 2.96. The molecule has 0 unspecified atom stereocenters. The summed E-state index contributed by atoms with van der Waals surface area (Å²) in [5.74, 6) is 0. The summed E-state index contributed by atoms with van der Waals surface area (Å²) in [6.07, 6.45) is 1.41. The third-order valence-corrected chi connectivity index (χ3v) is 4.43. The van der Waals surface area contributed by atoms with Crippen LogP contribution in [-0.4, -0.2) is 25.7 Å². The van der Waals surface area contributed by atoms with E-state index in [2.05, 4.69) is 4.72 Å². The van der Waals surface area contributed by atoms with E-state index in [0.29, 0.717) is 12.8 Å². The minimum atomic E-state index is -3.49. The highest BCUT2D eigenvalue weighted by atomic mass is 32.2. The zero-order valence-electron chi connectivity index (χ0n) is 9.10. The topological polar surface area (TPSA) is 66.4 Å². The highest BCUT2D eigenvalue weighted by Crippen LogP contribution is 2.36. The Morgan fingerprint density at radius 1 is 1.31 bits per heavy atom. The Labute approximate surface area is 95.4 Å². The summed E-state index contributed by atoms with van der Waals surface area (Å²) in [5, 5.41) is 9.08. The summed E-state index contributed by atoms with van der Waals surface area (Å²) >= 11 is 0. The molecule has 1 aromatic rings. The van der Waals surface area contributed by atoms with Gasteiger partial charge in [0.1, 0.15) is 0 Å². The van der Waals surface area contributed by atoms with Crippen molar-refractivity contribution in [1.82, 2.24) is 4.72 Å². The van der Waals surface area contributed by atoms with E-state index >= 15 is 0 Å². The molecular formula is C11H15NO3S. The molecule has 0 heterocycles. The number of sulfonamides is 1. The molecule has 5 heteroatoms. The van der Waals surface area contributed by atoms with Crippen LogP contribution in [0, 0.1) is 6.92 Å². The molecule has 1 aromatic carbocycles. The molecule has 1 aliphatic rings. The number of rotatable bonds is 4. The van der Waals surface area contributed by atoms with Crippen molar-refractivity contribution in [2.75, 3.05) is 6.61 Å². The first kappa shape index (κ1) is 11.6. The second kappa shape index (κ2) is 3.84. The van der Waals surface area contributed by atoms with E-state index in [4.69, 9.17) is 5.11 Å². The molecule has 1 fully saturated rings. The zero-order chi connectivity index (χ0) is 11.8. The van der Waals surface area contributed by atoms with Gasteiger partial charge in [0, 0.05) is 0 Å². The standard InChI is InChI=1S/C11H15NO3S/c1-9-2-4-10(5-3-9)16(14,15)12-11(8-13)6-7-11/h2-5,12-13H,6-8H2,1H3. The summed E-state index contributed by atoms with van der Waals surface area (Å²) in [4.78, 5) is 0.248. The quantitative estimate of drug-likeness (QED) is 0.819. The van der Waals surface area contributed by atoms with E-state index in [1.165, 1.54) is 0 Å². The average molecular weight is 241 g/mol. The van der Waals surface area contributed by atoms with Gasteiger partial charge in [-0.2, -0.15) is 0 Å². The lowest BCUT2D eigenvalue weighted by atomic mass is 10.2. The van der Waals surface area contributed by atoms with Crippen LogP contribution >= 0.6 is 0 Å². The van der Waals surface area contributed by atoms with Crippen LogP contribution < -0.4 is 4.72 Å². The van der Waals surface area contributed by atoms with Gasteiger partial charge in [-0.05, 0) is 31.9 Å². The molecule has 0 atom stereocenters. The van der Waals surface area contributed by atoms with Gasteiger partial charge in [-0.3, -0.25) is 0 Å². The molecule has 1 aliphatic carbocycles. The van der Waals surface area contributed by atoms with E-state index in [1.54, 1.807) is 24.3 Å². The first-order valence-corrected chi connectivity index (χ1v) is 6.67. The van der Waals surface area contributed by atoms with E-state index in [0.717, 1.165) is 5.56 Å². The third kappa shape index (κ3) is 2.26. The van der Waals surface area contributed by atoms with Crippen LogP contribution in [0.2, 0.25) is 0 Å². The molecule has 2 rings (SSSR count). The molecular weight excluding hydrogens is 226 g/mol. The normalized spacial score (nSPS) is 18.4. The van der Waals surface area contributed by atoms with Gasteiger partial charge >= 0.3 is 0 Å².